The number of pyridine rings is 1. The Balaban J connectivity index is 2.51. The molecule has 0 spiro atoms. The maximum absolute atomic E-state index is 4.75. The van der Waals surface area contributed by atoms with E-state index >= 15 is 0 Å². The number of nitrogens with one attached hydrogen (secondary N) is 1. The summed E-state index contributed by atoms with van der Waals surface area (Å²) in [6.45, 7) is 9.72. The Kier molecular flexibility index (Phi) is 4.41. The van der Waals surface area contributed by atoms with Crippen LogP contribution in [-0.4, -0.2) is 11.5 Å². The van der Waals surface area contributed by atoms with Gasteiger partial charge in [-0.25, -0.2) is 4.98 Å². The number of anilines is 1. The van der Waals surface area contributed by atoms with Crippen LogP contribution in [0, 0.1) is 0 Å². The molecule has 1 unspecified atom stereocenters. The second-order valence-electron chi connectivity index (χ2n) is 5.14. The molecule has 0 amide bonds. The van der Waals surface area contributed by atoms with Gasteiger partial charge in [0, 0.05) is 11.9 Å². The Labute approximate surface area is 116 Å². The van der Waals surface area contributed by atoms with Crippen LogP contribution in [0.1, 0.15) is 51.2 Å². The van der Waals surface area contributed by atoms with Gasteiger partial charge in [-0.15, -0.1) is 0 Å². The van der Waals surface area contributed by atoms with Crippen LogP contribution in [0.3, 0.4) is 0 Å². The summed E-state index contributed by atoms with van der Waals surface area (Å²) in [7, 11) is 0. The molecule has 2 heteroatoms. The fourth-order valence-corrected chi connectivity index (χ4v) is 2.37. The fourth-order valence-electron chi connectivity index (χ4n) is 2.37. The zero-order valence-corrected chi connectivity index (χ0v) is 12.5. The van der Waals surface area contributed by atoms with Crippen molar-refractivity contribution in [2.75, 3.05) is 11.9 Å². The minimum absolute atomic E-state index is 0.614. The minimum atomic E-state index is 0.614. The van der Waals surface area contributed by atoms with Crippen LogP contribution in [0.2, 0.25) is 0 Å². The first-order valence-electron chi connectivity index (χ1n) is 7.37. The molecule has 2 nitrogen and oxygen atoms in total. The zero-order chi connectivity index (χ0) is 13.8. The third-order valence-corrected chi connectivity index (χ3v) is 3.82. The lowest BCUT2D eigenvalue weighted by atomic mass is 9.96. The molecule has 1 heterocycles. The molecule has 19 heavy (non-hydrogen) atoms. The summed E-state index contributed by atoms with van der Waals surface area (Å²) in [5.41, 5.74) is 3.80. The van der Waals surface area contributed by atoms with Crippen molar-refractivity contribution in [3.63, 3.8) is 0 Å². The molecule has 0 saturated carbocycles. The largest absolute Gasteiger partial charge is 0.370 e. The standard InChI is InChI=1S/C17H24N2/c1-5-12(4)14-8-9-16-15(11-14)10-13(6-2)17(19-16)18-7-3/h8-12H,5-7H2,1-4H3,(H,18,19). The van der Waals surface area contributed by atoms with Crippen molar-refractivity contribution in [1.82, 2.24) is 4.98 Å². The molecule has 0 saturated heterocycles. The van der Waals surface area contributed by atoms with Crippen molar-refractivity contribution in [2.24, 2.45) is 0 Å². The van der Waals surface area contributed by atoms with Crippen molar-refractivity contribution in [3.05, 3.63) is 35.4 Å². The fraction of sp³-hybridized carbons (Fsp3) is 0.471. The van der Waals surface area contributed by atoms with Gasteiger partial charge in [-0.1, -0.05) is 26.8 Å². The molecular weight excluding hydrogens is 232 g/mol. The van der Waals surface area contributed by atoms with E-state index in [1.54, 1.807) is 0 Å². The summed E-state index contributed by atoms with van der Waals surface area (Å²) in [5, 5.41) is 4.62. The number of benzene rings is 1. The van der Waals surface area contributed by atoms with E-state index < -0.39 is 0 Å². The number of hydrogen-bond donors (Lipinski definition) is 1. The number of aromatic nitrogens is 1. The van der Waals surface area contributed by atoms with E-state index in [4.69, 9.17) is 4.98 Å². The molecular formula is C17H24N2. The third kappa shape index (κ3) is 2.89. The van der Waals surface area contributed by atoms with E-state index in [1.807, 2.05) is 0 Å². The van der Waals surface area contributed by atoms with Gasteiger partial charge in [-0.2, -0.15) is 0 Å². The van der Waals surface area contributed by atoms with Crippen molar-refractivity contribution in [2.45, 2.75) is 46.5 Å². The molecule has 0 aliphatic rings. The second kappa shape index (κ2) is 6.05. The zero-order valence-electron chi connectivity index (χ0n) is 12.5. The lowest BCUT2D eigenvalue weighted by molar-refractivity contribution is 0.734. The van der Waals surface area contributed by atoms with E-state index in [1.165, 1.54) is 22.9 Å². The van der Waals surface area contributed by atoms with Gasteiger partial charge in [-0.05, 0) is 55.0 Å². The van der Waals surface area contributed by atoms with Gasteiger partial charge in [0.15, 0.2) is 0 Å². The monoisotopic (exact) mass is 256 g/mol. The van der Waals surface area contributed by atoms with E-state index in [9.17, 15) is 0 Å². The first kappa shape index (κ1) is 13.9. The summed E-state index contributed by atoms with van der Waals surface area (Å²) in [4.78, 5) is 4.75. The third-order valence-electron chi connectivity index (χ3n) is 3.82. The Hall–Kier alpha value is -1.57. The van der Waals surface area contributed by atoms with Gasteiger partial charge in [-0.3, -0.25) is 0 Å². The lowest BCUT2D eigenvalue weighted by Crippen LogP contribution is -2.03. The van der Waals surface area contributed by atoms with E-state index in [2.05, 4.69) is 57.3 Å². The quantitative estimate of drug-likeness (QED) is 0.835. The minimum Gasteiger partial charge on any atom is -0.370 e. The molecule has 1 N–H and O–H groups in total. The van der Waals surface area contributed by atoms with Crippen LogP contribution in [0.25, 0.3) is 10.9 Å². The molecule has 102 valence electrons. The summed E-state index contributed by atoms with van der Waals surface area (Å²) in [6, 6.07) is 8.94. The Morgan fingerprint density at radius 3 is 2.58 bits per heavy atom. The molecule has 0 bridgehead atoms. The van der Waals surface area contributed by atoms with E-state index in [-0.39, 0.29) is 0 Å². The van der Waals surface area contributed by atoms with Crippen molar-refractivity contribution in [1.29, 1.82) is 0 Å². The number of nitrogens with zero attached hydrogens (tertiary/aromatic N) is 1. The van der Waals surface area contributed by atoms with Crippen LogP contribution in [-0.2, 0) is 6.42 Å². The van der Waals surface area contributed by atoms with Crippen LogP contribution >= 0.6 is 0 Å². The van der Waals surface area contributed by atoms with Gasteiger partial charge < -0.3 is 5.32 Å². The van der Waals surface area contributed by atoms with E-state index in [0.29, 0.717) is 5.92 Å². The number of hydrogen-bond acceptors (Lipinski definition) is 2. The average molecular weight is 256 g/mol. The first-order chi connectivity index (χ1) is 9.19. The molecule has 1 aromatic carbocycles. The maximum atomic E-state index is 4.75. The van der Waals surface area contributed by atoms with E-state index in [0.717, 1.165) is 24.3 Å². The van der Waals surface area contributed by atoms with Crippen molar-refractivity contribution >= 4 is 16.7 Å². The first-order valence-corrected chi connectivity index (χ1v) is 7.37. The van der Waals surface area contributed by atoms with Crippen LogP contribution in [0.5, 0.6) is 0 Å². The van der Waals surface area contributed by atoms with Gasteiger partial charge in [0.1, 0.15) is 5.82 Å². The molecule has 1 aromatic heterocycles. The Morgan fingerprint density at radius 2 is 1.95 bits per heavy atom. The molecule has 0 fully saturated rings. The SMILES string of the molecule is CCNc1nc2ccc(C(C)CC)cc2cc1CC. The molecule has 2 aromatic rings. The highest BCUT2D eigenvalue weighted by Crippen LogP contribution is 2.26. The van der Waals surface area contributed by atoms with Crippen LogP contribution in [0.15, 0.2) is 24.3 Å². The topological polar surface area (TPSA) is 24.9 Å². The highest BCUT2D eigenvalue weighted by Gasteiger charge is 2.08. The normalized spacial score (nSPS) is 12.6. The summed E-state index contributed by atoms with van der Waals surface area (Å²) >= 11 is 0. The summed E-state index contributed by atoms with van der Waals surface area (Å²) < 4.78 is 0. The predicted molar refractivity (Wildman–Crippen MR) is 84.0 cm³/mol. The predicted octanol–water partition coefficient (Wildman–Crippen LogP) is 4.74. The van der Waals surface area contributed by atoms with Crippen molar-refractivity contribution < 1.29 is 0 Å². The highest BCUT2D eigenvalue weighted by molar-refractivity contribution is 5.82. The molecule has 0 aliphatic heterocycles. The second-order valence-corrected chi connectivity index (χ2v) is 5.14. The number of fused-ring (bicyclic) bond motifs is 1. The summed E-state index contributed by atoms with van der Waals surface area (Å²) in [6.07, 6.45) is 2.19. The van der Waals surface area contributed by atoms with Crippen LogP contribution in [0.4, 0.5) is 5.82 Å². The smallest absolute Gasteiger partial charge is 0.129 e. The maximum Gasteiger partial charge on any atom is 0.129 e. The van der Waals surface area contributed by atoms with Crippen molar-refractivity contribution in [3.8, 4) is 0 Å². The molecule has 2 rings (SSSR count). The number of rotatable bonds is 5. The van der Waals surface area contributed by atoms with Gasteiger partial charge >= 0.3 is 0 Å². The molecule has 0 radical (unpaired) electrons. The van der Waals surface area contributed by atoms with Gasteiger partial charge in [0.05, 0.1) is 5.52 Å². The molecule has 0 aliphatic carbocycles. The Bertz CT molecular complexity index is 560. The molecule has 1 atom stereocenters. The highest BCUT2D eigenvalue weighted by atomic mass is 15.0. The van der Waals surface area contributed by atoms with Gasteiger partial charge in [0.2, 0.25) is 0 Å². The Morgan fingerprint density at radius 1 is 1.16 bits per heavy atom. The lowest BCUT2D eigenvalue weighted by Gasteiger charge is -2.13. The van der Waals surface area contributed by atoms with Gasteiger partial charge in [0.25, 0.3) is 0 Å². The van der Waals surface area contributed by atoms with Crippen LogP contribution < -0.4 is 5.32 Å². The summed E-state index contributed by atoms with van der Waals surface area (Å²) in [5.74, 6) is 1.65. The average Bonchev–Trinajstić information content (AvgIpc) is 2.45. The number of aryl methyl sites for hydroxylation is 1.